The molecule has 0 radical (unpaired) electrons. The van der Waals surface area contributed by atoms with Crippen molar-refractivity contribution < 1.29 is 9.90 Å². The number of rotatable bonds is 6. The average molecular weight is 174 g/mol. The van der Waals surface area contributed by atoms with E-state index >= 15 is 0 Å². The molecule has 0 aliphatic rings. The van der Waals surface area contributed by atoms with Crippen molar-refractivity contribution in [3.8, 4) is 0 Å². The van der Waals surface area contributed by atoms with Crippen LogP contribution in [0.4, 0.5) is 0 Å². The summed E-state index contributed by atoms with van der Waals surface area (Å²) in [4.78, 5) is 12.3. The predicted molar refractivity (Wildman–Crippen MR) is 48.0 cm³/mol. The second-order valence-electron chi connectivity index (χ2n) is 3.30. The first-order valence-corrected chi connectivity index (χ1v) is 4.14. The van der Waals surface area contributed by atoms with Crippen LogP contribution in [-0.4, -0.2) is 42.7 Å². The Labute approximate surface area is 73.3 Å². The van der Waals surface area contributed by atoms with Gasteiger partial charge in [-0.15, -0.1) is 0 Å². The maximum atomic E-state index is 10.2. The predicted octanol–water partition coefficient (Wildman–Crippen LogP) is 0.130. The van der Waals surface area contributed by atoms with Gasteiger partial charge < -0.3 is 15.7 Å². The minimum Gasteiger partial charge on any atom is -0.481 e. The summed E-state index contributed by atoms with van der Waals surface area (Å²) in [5.74, 6) is -0.813. The van der Waals surface area contributed by atoms with Gasteiger partial charge in [0.25, 0.3) is 0 Å². The number of carbonyl (C=O) groups is 1. The van der Waals surface area contributed by atoms with Gasteiger partial charge in [-0.05, 0) is 33.5 Å². The van der Waals surface area contributed by atoms with E-state index in [4.69, 9.17) is 10.8 Å². The molecule has 0 aliphatic heterocycles. The normalized spacial score (nSPS) is 13.3. The van der Waals surface area contributed by atoms with Gasteiger partial charge in [-0.3, -0.25) is 4.79 Å². The molecule has 0 bridgehead atoms. The Bertz CT molecular complexity index is 137. The van der Waals surface area contributed by atoms with Gasteiger partial charge in [0.2, 0.25) is 0 Å². The smallest absolute Gasteiger partial charge is 0.304 e. The molecule has 4 nitrogen and oxygen atoms in total. The second kappa shape index (κ2) is 5.97. The van der Waals surface area contributed by atoms with E-state index in [1.807, 2.05) is 14.1 Å². The van der Waals surface area contributed by atoms with Crippen LogP contribution in [0.3, 0.4) is 0 Å². The van der Waals surface area contributed by atoms with Gasteiger partial charge >= 0.3 is 5.97 Å². The lowest BCUT2D eigenvalue weighted by Gasteiger charge is -2.11. The van der Waals surface area contributed by atoms with Crippen LogP contribution < -0.4 is 5.73 Å². The monoisotopic (exact) mass is 174 g/mol. The molecule has 0 saturated heterocycles. The molecule has 3 N–H and O–H groups in total. The highest BCUT2D eigenvalue weighted by Gasteiger charge is 2.06. The molecule has 0 rings (SSSR count). The lowest BCUT2D eigenvalue weighted by molar-refractivity contribution is -0.137. The lowest BCUT2D eigenvalue weighted by atomic mass is 10.1. The summed E-state index contributed by atoms with van der Waals surface area (Å²) in [7, 11) is 3.98. The van der Waals surface area contributed by atoms with E-state index in [0.717, 1.165) is 19.4 Å². The van der Waals surface area contributed by atoms with Crippen LogP contribution in [0.1, 0.15) is 19.3 Å². The first kappa shape index (κ1) is 11.4. The van der Waals surface area contributed by atoms with Crippen LogP contribution >= 0.6 is 0 Å². The number of hydrogen-bond acceptors (Lipinski definition) is 3. The molecule has 0 saturated carbocycles. The van der Waals surface area contributed by atoms with Crippen LogP contribution in [0.15, 0.2) is 0 Å². The van der Waals surface area contributed by atoms with Crippen molar-refractivity contribution in [1.82, 2.24) is 4.90 Å². The molecule has 12 heavy (non-hydrogen) atoms. The van der Waals surface area contributed by atoms with E-state index in [1.54, 1.807) is 0 Å². The summed E-state index contributed by atoms with van der Waals surface area (Å²) in [5, 5.41) is 8.40. The van der Waals surface area contributed by atoms with Gasteiger partial charge in [-0.2, -0.15) is 0 Å². The van der Waals surface area contributed by atoms with Crippen LogP contribution in [0, 0.1) is 0 Å². The Morgan fingerprint density at radius 2 is 2.17 bits per heavy atom. The highest BCUT2D eigenvalue weighted by molar-refractivity contribution is 5.67. The van der Waals surface area contributed by atoms with E-state index in [9.17, 15) is 4.79 Å². The Kier molecular flexibility index (Phi) is 5.66. The van der Waals surface area contributed by atoms with Crippen LogP contribution in [0.2, 0.25) is 0 Å². The molecule has 72 valence electrons. The molecule has 4 heteroatoms. The van der Waals surface area contributed by atoms with E-state index in [-0.39, 0.29) is 12.5 Å². The minimum atomic E-state index is -0.813. The number of carboxylic acids is 1. The van der Waals surface area contributed by atoms with Crippen molar-refractivity contribution in [1.29, 1.82) is 0 Å². The molecule has 0 aliphatic carbocycles. The van der Waals surface area contributed by atoms with Crippen molar-refractivity contribution in [2.45, 2.75) is 25.3 Å². The van der Waals surface area contributed by atoms with E-state index in [1.165, 1.54) is 0 Å². The summed E-state index contributed by atoms with van der Waals surface area (Å²) in [6.07, 6.45) is 1.82. The molecular formula is C8H18N2O2. The number of hydrogen-bond donors (Lipinski definition) is 2. The van der Waals surface area contributed by atoms with Gasteiger partial charge in [0.1, 0.15) is 0 Å². The Balaban J connectivity index is 3.31. The van der Waals surface area contributed by atoms with Crippen molar-refractivity contribution >= 4 is 5.97 Å². The van der Waals surface area contributed by atoms with Gasteiger partial charge in [-0.25, -0.2) is 0 Å². The second-order valence-corrected chi connectivity index (χ2v) is 3.30. The van der Waals surface area contributed by atoms with Crippen LogP contribution in [0.5, 0.6) is 0 Å². The molecule has 0 aromatic rings. The zero-order chi connectivity index (χ0) is 9.56. The van der Waals surface area contributed by atoms with Gasteiger partial charge in [0, 0.05) is 6.04 Å². The van der Waals surface area contributed by atoms with E-state index < -0.39 is 5.97 Å². The first-order valence-electron chi connectivity index (χ1n) is 4.14. The van der Waals surface area contributed by atoms with Crippen LogP contribution in [-0.2, 0) is 4.79 Å². The molecular weight excluding hydrogens is 156 g/mol. The van der Waals surface area contributed by atoms with Crippen LogP contribution in [0.25, 0.3) is 0 Å². The van der Waals surface area contributed by atoms with Crippen molar-refractivity contribution in [2.75, 3.05) is 20.6 Å². The fourth-order valence-corrected chi connectivity index (χ4v) is 0.996. The fraction of sp³-hybridized carbons (Fsp3) is 0.875. The number of nitrogens with two attached hydrogens (primary N) is 1. The summed E-state index contributed by atoms with van der Waals surface area (Å²) in [6, 6.07) is -0.192. The minimum absolute atomic E-state index is 0.0768. The summed E-state index contributed by atoms with van der Waals surface area (Å²) >= 11 is 0. The summed E-state index contributed by atoms with van der Waals surface area (Å²) in [6.45, 7) is 0.966. The fourth-order valence-electron chi connectivity index (χ4n) is 0.996. The Morgan fingerprint density at radius 3 is 2.58 bits per heavy atom. The highest BCUT2D eigenvalue weighted by Crippen LogP contribution is 1.99. The molecule has 0 amide bonds. The third-order valence-electron chi connectivity index (χ3n) is 1.62. The highest BCUT2D eigenvalue weighted by atomic mass is 16.4. The summed E-state index contributed by atoms with van der Waals surface area (Å²) < 4.78 is 0. The van der Waals surface area contributed by atoms with Crippen molar-refractivity contribution in [3.63, 3.8) is 0 Å². The zero-order valence-electron chi connectivity index (χ0n) is 7.79. The molecule has 0 aromatic heterocycles. The van der Waals surface area contributed by atoms with Gasteiger partial charge in [0.15, 0.2) is 0 Å². The molecule has 0 spiro atoms. The molecule has 1 atom stereocenters. The standard InChI is InChI=1S/C8H18N2O2/c1-10(2)5-3-4-7(9)6-8(11)12/h7H,3-6,9H2,1-2H3,(H,11,12). The number of carboxylic acid groups (broad SMARTS) is 1. The van der Waals surface area contributed by atoms with E-state index in [2.05, 4.69) is 4.90 Å². The topological polar surface area (TPSA) is 66.6 Å². The quantitative estimate of drug-likeness (QED) is 0.600. The Morgan fingerprint density at radius 1 is 1.58 bits per heavy atom. The maximum Gasteiger partial charge on any atom is 0.304 e. The van der Waals surface area contributed by atoms with E-state index in [0.29, 0.717) is 0 Å². The Hall–Kier alpha value is -0.610. The number of nitrogens with zero attached hydrogens (tertiary/aromatic N) is 1. The van der Waals surface area contributed by atoms with Gasteiger partial charge in [-0.1, -0.05) is 0 Å². The largest absolute Gasteiger partial charge is 0.481 e. The average Bonchev–Trinajstić information content (AvgIpc) is 1.84. The van der Waals surface area contributed by atoms with Gasteiger partial charge in [0.05, 0.1) is 6.42 Å². The lowest BCUT2D eigenvalue weighted by Crippen LogP contribution is -2.25. The zero-order valence-corrected chi connectivity index (χ0v) is 7.79. The third kappa shape index (κ3) is 7.50. The van der Waals surface area contributed by atoms with Crippen molar-refractivity contribution in [3.05, 3.63) is 0 Å². The molecule has 0 heterocycles. The molecule has 0 fully saturated rings. The molecule has 0 aromatic carbocycles. The SMILES string of the molecule is CN(C)CCCC(N)CC(=O)O. The molecule has 1 unspecified atom stereocenters. The number of aliphatic carboxylic acids is 1. The van der Waals surface area contributed by atoms with Crippen molar-refractivity contribution in [2.24, 2.45) is 5.73 Å². The first-order chi connectivity index (χ1) is 5.52. The summed E-state index contributed by atoms with van der Waals surface area (Å²) in [5.41, 5.74) is 5.56. The maximum absolute atomic E-state index is 10.2. The third-order valence-corrected chi connectivity index (χ3v) is 1.62.